The Kier molecular flexibility index (Phi) is 55.5. The molecule has 0 saturated carbocycles. The van der Waals surface area contributed by atoms with Crippen LogP contribution in [0.3, 0.4) is 0 Å². The molecule has 2 unspecified atom stereocenters. The largest absolute Gasteiger partial charge is 0.472 e. The molecule has 9 nitrogen and oxygen atoms in total. The molecule has 10 heteroatoms. The van der Waals surface area contributed by atoms with Crippen LogP contribution in [0.15, 0.2) is 0 Å². The molecule has 0 rings (SSSR count). The van der Waals surface area contributed by atoms with Gasteiger partial charge in [-0.3, -0.25) is 18.6 Å². The van der Waals surface area contributed by atoms with Crippen molar-refractivity contribution in [1.82, 2.24) is 0 Å². The van der Waals surface area contributed by atoms with E-state index in [0.29, 0.717) is 6.42 Å². The number of hydrogen-bond donors (Lipinski definition) is 2. The van der Waals surface area contributed by atoms with Gasteiger partial charge in [-0.2, -0.15) is 0 Å². The maximum Gasteiger partial charge on any atom is 0.472 e. The highest BCUT2D eigenvalue weighted by atomic mass is 31.2. The summed E-state index contributed by atoms with van der Waals surface area (Å²) in [6.07, 6.45) is 63.7. The molecule has 3 N–H and O–H groups in total. The summed E-state index contributed by atoms with van der Waals surface area (Å²) < 4.78 is 32.9. The Morgan fingerprint density at radius 3 is 0.884 bits per heavy atom. The summed E-state index contributed by atoms with van der Waals surface area (Å²) >= 11 is 0. The van der Waals surface area contributed by atoms with E-state index in [0.717, 1.165) is 32.1 Å². The van der Waals surface area contributed by atoms with Crippen LogP contribution in [-0.2, 0) is 32.7 Å². The topological polar surface area (TPSA) is 134 Å². The van der Waals surface area contributed by atoms with E-state index >= 15 is 0 Å². The predicted molar refractivity (Wildman–Crippen MR) is 294 cm³/mol. The molecule has 0 aromatic carbocycles. The quantitative estimate of drug-likeness (QED) is 0.0347. The Bertz CT molecular complexity index is 1090. The third-order valence-corrected chi connectivity index (χ3v) is 15.0. The molecule has 0 aromatic heterocycles. The summed E-state index contributed by atoms with van der Waals surface area (Å²) in [5.41, 5.74) is 5.36. The SMILES string of the molecule is CCCCCCCCCCCCCCCCCCCCCCCCCCCCCCCCCCCCCCCCCC(=O)OC(COC(=O)CCCCCCCCCCC)COP(=O)(O)OCCN. The Morgan fingerprint density at radius 2 is 0.623 bits per heavy atom. The van der Waals surface area contributed by atoms with Crippen LogP contribution in [0.1, 0.15) is 335 Å². The minimum atomic E-state index is -4.37. The van der Waals surface area contributed by atoms with Crippen LogP contribution in [0.2, 0.25) is 0 Å². The Labute approximate surface area is 428 Å². The van der Waals surface area contributed by atoms with Gasteiger partial charge in [0.2, 0.25) is 0 Å². The molecule has 412 valence electrons. The molecule has 2 atom stereocenters. The number of ether oxygens (including phenoxy) is 2. The van der Waals surface area contributed by atoms with E-state index in [-0.39, 0.29) is 38.6 Å². The number of nitrogens with two attached hydrogens (primary N) is 1. The molecule has 0 bridgehead atoms. The maximum atomic E-state index is 12.6. The number of phosphoric acid groups is 1. The number of phosphoric ester groups is 1. The first-order valence-electron chi connectivity index (χ1n) is 30.5. The lowest BCUT2D eigenvalue weighted by Gasteiger charge is -2.19. The van der Waals surface area contributed by atoms with Gasteiger partial charge in [-0.05, 0) is 12.8 Å². The Hall–Kier alpha value is -0.990. The van der Waals surface area contributed by atoms with Crippen LogP contribution in [0.5, 0.6) is 0 Å². The predicted octanol–water partition coefficient (Wildman–Crippen LogP) is 19.1. The number of rotatable bonds is 59. The minimum absolute atomic E-state index is 0.0581. The molecule has 0 spiro atoms. The standard InChI is InChI=1S/C59H118NO8P/c1-3-5-7-9-11-13-14-15-16-17-18-19-20-21-22-23-24-25-26-27-28-29-30-31-32-33-34-35-36-37-38-39-40-41-42-44-46-48-50-52-59(62)68-57(56-67-69(63,64)66-54-53-60)55-65-58(61)51-49-47-45-43-12-10-8-6-4-2/h57H,3-56,60H2,1-2H3,(H,63,64). The average Bonchev–Trinajstić information content (AvgIpc) is 3.34. The van der Waals surface area contributed by atoms with Crippen molar-refractivity contribution in [3.8, 4) is 0 Å². The highest BCUT2D eigenvalue weighted by Crippen LogP contribution is 2.43. The molecule has 0 fully saturated rings. The zero-order valence-corrected chi connectivity index (χ0v) is 47.0. The van der Waals surface area contributed by atoms with Crippen LogP contribution in [0.25, 0.3) is 0 Å². The van der Waals surface area contributed by atoms with E-state index in [4.69, 9.17) is 24.3 Å². The van der Waals surface area contributed by atoms with E-state index < -0.39 is 26.5 Å². The van der Waals surface area contributed by atoms with Gasteiger partial charge in [0.05, 0.1) is 13.2 Å². The number of carbonyl (C=O) groups is 2. The van der Waals surface area contributed by atoms with E-state index in [1.807, 2.05) is 0 Å². The molecule has 0 aromatic rings. The summed E-state index contributed by atoms with van der Waals surface area (Å²) in [5.74, 6) is -0.812. The second kappa shape index (κ2) is 56.3. The third kappa shape index (κ3) is 56.2. The first-order chi connectivity index (χ1) is 33.8. The van der Waals surface area contributed by atoms with Gasteiger partial charge in [0, 0.05) is 19.4 Å². The van der Waals surface area contributed by atoms with Gasteiger partial charge >= 0.3 is 19.8 Å². The van der Waals surface area contributed by atoms with Crippen molar-refractivity contribution in [2.45, 2.75) is 341 Å². The van der Waals surface area contributed by atoms with Crippen molar-refractivity contribution in [2.24, 2.45) is 5.73 Å². The summed E-state index contributed by atoms with van der Waals surface area (Å²) in [7, 11) is -4.37. The van der Waals surface area contributed by atoms with E-state index in [9.17, 15) is 19.0 Å². The number of carbonyl (C=O) groups excluding carboxylic acids is 2. The van der Waals surface area contributed by atoms with Crippen molar-refractivity contribution in [1.29, 1.82) is 0 Å². The Balaban J connectivity index is 3.63. The molecule has 0 aliphatic carbocycles. The fourth-order valence-electron chi connectivity index (χ4n) is 9.46. The summed E-state index contributed by atoms with van der Waals surface area (Å²) in [6.45, 7) is 3.77. The lowest BCUT2D eigenvalue weighted by molar-refractivity contribution is -0.161. The van der Waals surface area contributed by atoms with Crippen molar-refractivity contribution in [3.05, 3.63) is 0 Å². The normalized spacial score (nSPS) is 12.9. The molecular weight excluding hydrogens is 882 g/mol. The second-order valence-electron chi connectivity index (χ2n) is 20.9. The van der Waals surface area contributed by atoms with Gasteiger partial charge in [-0.15, -0.1) is 0 Å². The first kappa shape index (κ1) is 68.0. The van der Waals surface area contributed by atoms with Crippen molar-refractivity contribution < 1.29 is 37.6 Å². The molecule has 0 aliphatic heterocycles. The second-order valence-corrected chi connectivity index (χ2v) is 22.4. The zero-order chi connectivity index (χ0) is 50.2. The van der Waals surface area contributed by atoms with Crippen LogP contribution >= 0.6 is 7.82 Å². The van der Waals surface area contributed by atoms with Crippen molar-refractivity contribution in [2.75, 3.05) is 26.4 Å². The smallest absolute Gasteiger partial charge is 0.462 e. The first-order valence-corrected chi connectivity index (χ1v) is 32.0. The monoisotopic (exact) mass is 1000 g/mol. The van der Waals surface area contributed by atoms with Gasteiger partial charge in [-0.1, -0.05) is 309 Å². The van der Waals surface area contributed by atoms with E-state index in [1.54, 1.807) is 0 Å². The highest BCUT2D eigenvalue weighted by Gasteiger charge is 2.26. The molecule has 0 aliphatic rings. The molecular formula is C59H118NO8P. The molecule has 0 radical (unpaired) electrons. The minimum Gasteiger partial charge on any atom is -0.462 e. The molecule has 69 heavy (non-hydrogen) atoms. The van der Waals surface area contributed by atoms with E-state index in [1.165, 1.54) is 270 Å². The molecule has 0 heterocycles. The fourth-order valence-corrected chi connectivity index (χ4v) is 10.2. The number of unbranched alkanes of at least 4 members (excludes halogenated alkanes) is 46. The lowest BCUT2D eigenvalue weighted by atomic mass is 10.0. The molecule has 0 amide bonds. The van der Waals surface area contributed by atoms with Gasteiger partial charge in [0.1, 0.15) is 6.61 Å². The third-order valence-electron chi connectivity index (χ3n) is 14.0. The summed E-state index contributed by atoms with van der Waals surface area (Å²) in [6, 6.07) is 0. The van der Waals surface area contributed by atoms with Crippen LogP contribution in [0, 0.1) is 0 Å². The van der Waals surface area contributed by atoms with Gasteiger partial charge < -0.3 is 20.1 Å². The van der Waals surface area contributed by atoms with Crippen molar-refractivity contribution in [3.63, 3.8) is 0 Å². The fraction of sp³-hybridized carbons (Fsp3) is 0.966. The zero-order valence-electron chi connectivity index (χ0n) is 46.1. The van der Waals surface area contributed by atoms with Crippen LogP contribution in [-0.4, -0.2) is 49.3 Å². The van der Waals surface area contributed by atoms with Gasteiger partial charge in [0.15, 0.2) is 6.10 Å². The molecule has 0 saturated heterocycles. The Morgan fingerprint density at radius 1 is 0.377 bits per heavy atom. The average molecular weight is 1000 g/mol. The van der Waals surface area contributed by atoms with Gasteiger partial charge in [0.25, 0.3) is 0 Å². The van der Waals surface area contributed by atoms with E-state index in [2.05, 4.69) is 13.8 Å². The number of esters is 2. The van der Waals surface area contributed by atoms with Crippen molar-refractivity contribution >= 4 is 19.8 Å². The van der Waals surface area contributed by atoms with Gasteiger partial charge in [-0.25, -0.2) is 4.57 Å². The highest BCUT2D eigenvalue weighted by molar-refractivity contribution is 7.47. The maximum absolute atomic E-state index is 12.6. The number of hydrogen-bond acceptors (Lipinski definition) is 8. The van der Waals surface area contributed by atoms with Crippen LogP contribution < -0.4 is 5.73 Å². The van der Waals surface area contributed by atoms with Crippen LogP contribution in [0.4, 0.5) is 0 Å². The lowest BCUT2D eigenvalue weighted by Crippen LogP contribution is -2.29. The summed E-state index contributed by atoms with van der Waals surface area (Å²) in [5, 5.41) is 0. The summed E-state index contributed by atoms with van der Waals surface area (Å²) in [4.78, 5) is 34.9.